The summed E-state index contributed by atoms with van der Waals surface area (Å²) in [6, 6.07) is 10.4. The number of hydrogen-bond acceptors (Lipinski definition) is 5. The van der Waals surface area contributed by atoms with Gasteiger partial charge in [-0.05, 0) is 66.9 Å². The Bertz CT molecular complexity index is 775. The van der Waals surface area contributed by atoms with Gasteiger partial charge >= 0.3 is 0 Å². The molecule has 0 saturated carbocycles. The zero-order valence-corrected chi connectivity index (χ0v) is 16.6. The molecule has 0 bridgehead atoms. The molecule has 1 atom stereocenters. The van der Waals surface area contributed by atoms with Crippen molar-refractivity contribution in [2.45, 2.75) is 32.6 Å². The molecule has 1 aliphatic heterocycles. The maximum absolute atomic E-state index is 5.55. The van der Waals surface area contributed by atoms with Crippen LogP contribution in [0.3, 0.4) is 0 Å². The van der Waals surface area contributed by atoms with Gasteiger partial charge in [0.25, 0.3) is 0 Å². The van der Waals surface area contributed by atoms with Crippen LogP contribution >= 0.6 is 0 Å². The SMILES string of the molecule is CCCNCCc1cc(OC)c(OC)cc1C(C)c1ccc2c(c1)OCO2. The second-order valence-corrected chi connectivity index (χ2v) is 6.74. The Kier molecular flexibility index (Phi) is 6.45. The first-order valence-electron chi connectivity index (χ1n) is 9.53. The molecule has 0 aliphatic carbocycles. The minimum Gasteiger partial charge on any atom is -0.493 e. The number of benzene rings is 2. The molecule has 5 nitrogen and oxygen atoms in total. The van der Waals surface area contributed by atoms with Gasteiger partial charge in [-0.25, -0.2) is 0 Å². The van der Waals surface area contributed by atoms with Crippen molar-refractivity contribution in [1.29, 1.82) is 0 Å². The Morgan fingerprint density at radius 1 is 1.00 bits per heavy atom. The molecular weight excluding hydrogens is 342 g/mol. The fourth-order valence-electron chi connectivity index (χ4n) is 3.44. The van der Waals surface area contributed by atoms with Crippen LogP contribution in [0.25, 0.3) is 0 Å². The Morgan fingerprint density at radius 3 is 2.48 bits per heavy atom. The number of hydrogen-bond donors (Lipinski definition) is 1. The average molecular weight is 371 g/mol. The summed E-state index contributed by atoms with van der Waals surface area (Å²) in [6.07, 6.45) is 2.07. The fourth-order valence-corrected chi connectivity index (χ4v) is 3.44. The van der Waals surface area contributed by atoms with E-state index >= 15 is 0 Å². The molecular formula is C22H29NO4. The van der Waals surface area contributed by atoms with Gasteiger partial charge in [-0.3, -0.25) is 0 Å². The van der Waals surface area contributed by atoms with Gasteiger partial charge in [-0.2, -0.15) is 0 Å². The van der Waals surface area contributed by atoms with Gasteiger partial charge in [0.1, 0.15) is 0 Å². The lowest BCUT2D eigenvalue weighted by molar-refractivity contribution is 0.174. The van der Waals surface area contributed by atoms with Gasteiger partial charge in [0, 0.05) is 5.92 Å². The molecule has 1 heterocycles. The molecule has 0 fully saturated rings. The summed E-state index contributed by atoms with van der Waals surface area (Å²) < 4.78 is 22.1. The number of nitrogens with one attached hydrogen (secondary N) is 1. The van der Waals surface area contributed by atoms with E-state index < -0.39 is 0 Å². The highest BCUT2D eigenvalue weighted by Gasteiger charge is 2.20. The highest BCUT2D eigenvalue weighted by molar-refractivity contribution is 5.52. The van der Waals surface area contributed by atoms with E-state index in [4.69, 9.17) is 18.9 Å². The summed E-state index contributed by atoms with van der Waals surface area (Å²) in [5, 5.41) is 3.48. The summed E-state index contributed by atoms with van der Waals surface area (Å²) in [4.78, 5) is 0. The van der Waals surface area contributed by atoms with Crippen LogP contribution in [0.2, 0.25) is 0 Å². The van der Waals surface area contributed by atoms with Gasteiger partial charge in [0.05, 0.1) is 14.2 Å². The molecule has 0 saturated heterocycles. The standard InChI is InChI=1S/C22H29NO4/c1-5-9-23-10-8-17-12-20(24-3)21(25-4)13-18(17)15(2)16-6-7-19-22(11-16)27-14-26-19/h6-7,11-13,15,23H,5,8-10,14H2,1-4H3. The third kappa shape index (κ3) is 4.30. The maximum atomic E-state index is 5.55. The molecule has 0 spiro atoms. The van der Waals surface area contributed by atoms with E-state index in [1.807, 2.05) is 6.07 Å². The van der Waals surface area contributed by atoms with Crippen LogP contribution in [0.1, 0.15) is 42.9 Å². The lowest BCUT2D eigenvalue weighted by Gasteiger charge is -2.20. The van der Waals surface area contributed by atoms with Crippen LogP contribution < -0.4 is 24.3 Å². The second kappa shape index (κ2) is 9.00. The Labute approximate surface area is 161 Å². The predicted octanol–water partition coefficient (Wildman–Crippen LogP) is 4.13. The monoisotopic (exact) mass is 371 g/mol. The molecule has 2 aromatic carbocycles. The largest absolute Gasteiger partial charge is 0.493 e. The fraction of sp³-hybridized carbons (Fsp3) is 0.455. The zero-order chi connectivity index (χ0) is 19.2. The summed E-state index contributed by atoms with van der Waals surface area (Å²) >= 11 is 0. The smallest absolute Gasteiger partial charge is 0.231 e. The predicted molar refractivity (Wildman–Crippen MR) is 106 cm³/mol. The van der Waals surface area contributed by atoms with Gasteiger partial charge in [0.2, 0.25) is 6.79 Å². The molecule has 27 heavy (non-hydrogen) atoms. The molecule has 0 amide bonds. The summed E-state index contributed by atoms with van der Waals surface area (Å²) in [6.45, 7) is 6.64. The van der Waals surface area contributed by atoms with Crippen molar-refractivity contribution >= 4 is 0 Å². The van der Waals surface area contributed by atoms with Crippen LogP contribution in [-0.4, -0.2) is 34.1 Å². The molecule has 0 aromatic heterocycles. The van der Waals surface area contributed by atoms with Crippen LogP contribution in [-0.2, 0) is 6.42 Å². The van der Waals surface area contributed by atoms with Gasteiger partial charge in [-0.1, -0.05) is 19.9 Å². The average Bonchev–Trinajstić information content (AvgIpc) is 3.18. The lowest BCUT2D eigenvalue weighted by Crippen LogP contribution is -2.18. The molecule has 1 aliphatic rings. The number of fused-ring (bicyclic) bond motifs is 1. The summed E-state index contributed by atoms with van der Waals surface area (Å²) in [5.74, 6) is 3.34. The summed E-state index contributed by atoms with van der Waals surface area (Å²) in [5.41, 5.74) is 3.69. The normalized spacial score (nSPS) is 13.5. The molecule has 1 unspecified atom stereocenters. The van der Waals surface area contributed by atoms with E-state index in [9.17, 15) is 0 Å². The Hall–Kier alpha value is -2.40. The van der Waals surface area contributed by atoms with Crippen molar-refractivity contribution in [3.63, 3.8) is 0 Å². The molecule has 1 N–H and O–H groups in total. The quantitative estimate of drug-likeness (QED) is 0.672. The van der Waals surface area contributed by atoms with E-state index in [2.05, 4.69) is 43.4 Å². The van der Waals surface area contributed by atoms with Crippen LogP contribution in [0.15, 0.2) is 30.3 Å². The molecule has 2 aromatic rings. The first-order chi connectivity index (χ1) is 13.2. The van der Waals surface area contributed by atoms with Crippen LogP contribution in [0.5, 0.6) is 23.0 Å². The van der Waals surface area contributed by atoms with Gasteiger partial charge in [-0.15, -0.1) is 0 Å². The van der Waals surface area contributed by atoms with Crippen LogP contribution in [0, 0.1) is 0 Å². The van der Waals surface area contributed by atoms with E-state index in [1.165, 1.54) is 16.7 Å². The van der Waals surface area contributed by atoms with Gasteiger partial charge < -0.3 is 24.3 Å². The van der Waals surface area contributed by atoms with E-state index in [0.29, 0.717) is 0 Å². The summed E-state index contributed by atoms with van der Waals surface area (Å²) in [7, 11) is 3.35. The van der Waals surface area contributed by atoms with Crippen molar-refractivity contribution in [1.82, 2.24) is 5.32 Å². The second-order valence-electron chi connectivity index (χ2n) is 6.74. The lowest BCUT2D eigenvalue weighted by atomic mass is 9.88. The first-order valence-corrected chi connectivity index (χ1v) is 9.53. The van der Waals surface area contributed by atoms with Gasteiger partial charge in [0.15, 0.2) is 23.0 Å². The zero-order valence-electron chi connectivity index (χ0n) is 16.6. The highest BCUT2D eigenvalue weighted by Crippen LogP contribution is 2.40. The third-order valence-corrected chi connectivity index (χ3v) is 5.01. The van der Waals surface area contributed by atoms with Crippen molar-refractivity contribution in [2.75, 3.05) is 34.1 Å². The van der Waals surface area contributed by atoms with E-state index in [0.717, 1.165) is 48.9 Å². The number of methoxy groups -OCH3 is 2. The van der Waals surface area contributed by atoms with Crippen molar-refractivity contribution < 1.29 is 18.9 Å². The van der Waals surface area contributed by atoms with E-state index in [-0.39, 0.29) is 12.7 Å². The molecule has 5 heteroatoms. The van der Waals surface area contributed by atoms with Crippen molar-refractivity contribution in [3.05, 3.63) is 47.0 Å². The highest BCUT2D eigenvalue weighted by atomic mass is 16.7. The minimum absolute atomic E-state index is 0.195. The van der Waals surface area contributed by atoms with Crippen molar-refractivity contribution in [3.8, 4) is 23.0 Å². The number of ether oxygens (including phenoxy) is 4. The third-order valence-electron chi connectivity index (χ3n) is 5.01. The number of rotatable bonds is 9. The Balaban J connectivity index is 1.93. The van der Waals surface area contributed by atoms with E-state index in [1.54, 1.807) is 14.2 Å². The van der Waals surface area contributed by atoms with Crippen molar-refractivity contribution in [2.24, 2.45) is 0 Å². The maximum Gasteiger partial charge on any atom is 0.231 e. The molecule has 3 rings (SSSR count). The molecule has 0 radical (unpaired) electrons. The Morgan fingerprint density at radius 2 is 1.74 bits per heavy atom. The first kappa shape index (κ1) is 19.4. The minimum atomic E-state index is 0.195. The molecule has 146 valence electrons. The topological polar surface area (TPSA) is 49.0 Å². The van der Waals surface area contributed by atoms with Crippen LogP contribution in [0.4, 0.5) is 0 Å².